The molecular weight excluding hydrogens is 925 g/mol. The van der Waals surface area contributed by atoms with Crippen molar-refractivity contribution in [2.75, 3.05) is 13.2 Å². The molecule has 0 saturated carbocycles. The molecule has 1 rings (SSSR count). The molecule has 12 nitrogen and oxygen atoms in total. The van der Waals surface area contributed by atoms with Crippen molar-refractivity contribution < 1.29 is 58.2 Å². The zero-order valence-electron chi connectivity index (χ0n) is 46.6. The molecule has 6 unspecified atom stereocenters. The summed E-state index contributed by atoms with van der Waals surface area (Å²) in [6.07, 6.45) is 45.4. The van der Waals surface area contributed by atoms with E-state index in [0.29, 0.717) is 19.3 Å². The van der Waals surface area contributed by atoms with Gasteiger partial charge in [-0.15, -0.1) is 0 Å². The molecule has 0 aliphatic carbocycles. The van der Waals surface area contributed by atoms with Crippen LogP contribution in [0, 0.1) is 0 Å². The van der Waals surface area contributed by atoms with E-state index < -0.39 is 67.3 Å². The minimum atomic E-state index is -1.90. The summed E-state index contributed by atoms with van der Waals surface area (Å²) in [6.45, 7) is 5.94. The van der Waals surface area contributed by atoms with Gasteiger partial charge >= 0.3 is 23.9 Å². The molecule has 1 saturated heterocycles. The Kier molecular flexibility index (Phi) is 46.4. The van der Waals surface area contributed by atoms with Gasteiger partial charge in [0.25, 0.3) is 0 Å². The molecule has 0 aromatic heterocycles. The Balaban J connectivity index is 2.66. The summed E-state index contributed by atoms with van der Waals surface area (Å²) in [5.41, 5.74) is 0. The fraction of sp³-hybridized carbons (Fsp3) is 0.836. The van der Waals surface area contributed by atoms with Gasteiger partial charge in [-0.05, 0) is 70.6 Å². The third-order valence-corrected chi connectivity index (χ3v) is 13.7. The topological polar surface area (TPSA) is 175 Å². The van der Waals surface area contributed by atoms with Crippen molar-refractivity contribution in [3.63, 3.8) is 0 Å². The van der Waals surface area contributed by atoms with E-state index in [2.05, 4.69) is 57.2 Å². The van der Waals surface area contributed by atoms with Gasteiger partial charge in [-0.25, -0.2) is 4.79 Å². The second-order valence-corrected chi connectivity index (χ2v) is 20.6. The lowest BCUT2D eigenvalue weighted by atomic mass is 9.98. The Morgan fingerprint density at radius 2 is 0.836 bits per heavy atom. The zero-order chi connectivity index (χ0) is 53.3. The molecule has 3 N–H and O–H groups in total. The number of unbranched alkanes of at least 4 members (excludes halogenated alkanes) is 31. The molecule has 0 bridgehead atoms. The first kappa shape index (κ1) is 68.0. The highest BCUT2D eigenvalue weighted by atomic mass is 16.7. The van der Waals surface area contributed by atoms with Crippen LogP contribution in [0.15, 0.2) is 36.5 Å². The average molecular weight is 1030 g/mol. The van der Waals surface area contributed by atoms with Crippen molar-refractivity contribution in [3.8, 4) is 0 Å². The predicted molar refractivity (Wildman–Crippen MR) is 294 cm³/mol. The van der Waals surface area contributed by atoms with Crippen molar-refractivity contribution in [1.29, 1.82) is 0 Å². The first-order valence-corrected chi connectivity index (χ1v) is 30.0. The van der Waals surface area contributed by atoms with Gasteiger partial charge in [0.15, 0.2) is 24.6 Å². The second kappa shape index (κ2) is 49.8. The summed E-state index contributed by atoms with van der Waals surface area (Å²) in [7, 11) is 0. The van der Waals surface area contributed by atoms with Gasteiger partial charge in [0.1, 0.15) is 18.8 Å². The summed E-state index contributed by atoms with van der Waals surface area (Å²) < 4.78 is 28.4. The van der Waals surface area contributed by atoms with Crippen LogP contribution in [0.3, 0.4) is 0 Å². The van der Waals surface area contributed by atoms with Gasteiger partial charge < -0.3 is 39.0 Å². The van der Waals surface area contributed by atoms with Crippen molar-refractivity contribution in [3.05, 3.63) is 36.5 Å². The number of esters is 3. The lowest BCUT2D eigenvalue weighted by molar-refractivity contribution is -0.301. The van der Waals surface area contributed by atoms with Crippen LogP contribution in [-0.4, -0.2) is 89.2 Å². The Bertz CT molecular complexity index is 1410. The molecule has 0 aromatic rings. The SMILES string of the molecule is CCCC/C=C\CCCCCCCC(=O)OC(COC(=O)CCCCCCCCCCCCCCCCC)COC1OC(C(=O)O)C(O)C(O)C1OC(=O)CCCCCCCCC/C=C\C/C=C\CCCCC. The van der Waals surface area contributed by atoms with Crippen LogP contribution in [0.4, 0.5) is 0 Å². The number of allylic oxidation sites excluding steroid dienone is 6. The lowest BCUT2D eigenvalue weighted by Gasteiger charge is -2.40. The Morgan fingerprint density at radius 1 is 0.452 bits per heavy atom. The van der Waals surface area contributed by atoms with Crippen molar-refractivity contribution in [2.24, 2.45) is 0 Å². The molecule has 0 radical (unpaired) electrons. The van der Waals surface area contributed by atoms with Gasteiger partial charge in [0.2, 0.25) is 0 Å². The van der Waals surface area contributed by atoms with Gasteiger partial charge in [0, 0.05) is 19.3 Å². The molecule has 6 atom stereocenters. The summed E-state index contributed by atoms with van der Waals surface area (Å²) in [4.78, 5) is 51.1. The normalized spacial score (nSPS) is 18.5. The predicted octanol–water partition coefficient (Wildman–Crippen LogP) is 15.2. The average Bonchev–Trinajstić information content (AvgIpc) is 3.37. The van der Waals surface area contributed by atoms with E-state index in [0.717, 1.165) is 116 Å². The van der Waals surface area contributed by atoms with E-state index in [1.54, 1.807) is 0 Å². The summed E-state index contributed by atoms with van der Waals surface area (Å²) in [6, 6.07) is 0. The van der Waals surface area contributed by atoms with Crippen LogP contribution in [0.1, 0.15) is 278 Å². The number of hydrogen-bond donors (Lipinski definition) is 3. The quantitative estimate of drug-likeness (QED) is 0.0228. The third-order valence-electron chi connectivity index (χ3n) is 13.7. The van der Waals surface area contributed by atoms with Crippen LogP contribution < -0.4 is 0 Å². The molecule has 0 aromatic carbocycles. The highest BCUT2D eigenvalue weighted by molar-refractivity contribution is 5.74. The molecule has 0 spiro atoms. The van der Waals surface area contributed by atoms with E-state index >= 15 is 0 Å². The van der Waals surface area contributed by atoms with Gasteiger partial charge in [0.05, 0.1) is 6.61 Å². The van der Waals surface area contributed by atoms with E-state index in [4.69, 9.17) is 23.7 Å². The number of carboxylic acids is 1. The fourth-order valence-corrected chi connectivity index (χ4v) is 9.03. The summed E-state index contributed by atoms with van der Waals surface area (Å²) in [5, 5.41) is 31.5. The number of aliphatic carboxylic acids is 1. The van der Waals surface area contributed by atoms with Crippen molar-refractivity contribution in [2.45, 2.75) is 314 Å². The standard InChI is InChI=1S/C61H108O12/c1-4-7-10-13-16-19-22-24-26-27-29-31-34-37-40-43-46-49-55(64)72-59-57(66)56(65)58(60(67)68)73-61(59)70-51-52(71-54(63)48-45-42-39-36-32-21-18-15-12-9-6-3)50-69-53(62)47-44-41-38-35-33-30-28-25-23-20-17-14-11-8-5-2/h15-16,18-19,24,26,52,56-59,61,65-66H,4-14,17,20-23,25,27-51H2,1-3H3,(H,67,68)/b18-15-,19-16-,26-24-. The largest absolute Gasteiger partial charge is 0.479 e. The summed E-state index contributed by atoms with van der Waals surface area (Å²) >= 11 is 0. The molecule has 424 valence electrons. The maximum atomic E-state index is 13.1. The van der Waals surface area contributed by atoms with Gasteiger partial charge in [-0.2, -0.15) is 0 Å². The van der Waals surface area contributed by atoms with E-state index in [1.165, 1.54) is 103 Å². The first-order valence-electron chi connectivity index (χ1n) is 30.0. The number of aliphatic hydroxyl groups excluding tert-OH is 2. The number of carbonyl (C=O) groups excluding carboxylic acids is 3. The highest BCUT2D eigenvalue weighted by Gasteiger charge is 2.50. The molecule has 1 aliphatic heterocycles. The zero-order valence-corrected chi connectivity index (χ0v) is 46.6. The number of aliphatic hydroxyl groups is 2. The maximum absolute atomic E-state index is 13.1. The minimum absolute atomic E-state index is 0.0535. The molecule has 1 heterocycles. The number of rotatable bonds is 51. The van der Waals surface area contributed by atoms with E-state index in [9.17, 15) is 34.5 Å². The molecule has 73 heavy (non-hydrogen) atoms. The Hall–Kier alpha value is -3.06. The second-order valence-electron chi connectivity index (χ2n) is 20.6. The molecule has 1 aliphatic rings. The van der Waals surface area contributed by atoms with Crippen LogP contribution in [-0.2, 0) is 42.9 Å². The molecule has 1 fully saturated rings. The fourth-order valence-electron chi connectivity index (χ4n) is 9.03. The lowest BCUT2D eigenvalue weighted by Crippen LogP contribution is -2.61. The maximum Gasteiger partial charge on any atom is 0.335 e. The Labute approximate surface area is 444 Å². The molecule has 12 heteroatoms. The summed E-state index contributed by atoms with van der Waals surface area (Å²) in [5.74, 6) is -3.12. The number of carboxylic acid groups (broad SMARTS) is 1. The van der Waals surface area contributed by atoms with Crippen LogP contribution in [0.25, 0.3) is 0 Å². The monoisotopic (exact) mass is 1030 g/mol. The molecular formula is C61H108O12. The number of ether oxygens (including phenoxy) is 5. The first-order chi connectivity index (χ1) is 35.6. The van der Waals surface area contributed by atoms with Crippen molar-refractivity contribution in [1.82, 2.24) is 0 Å². The smallest absolute Gasteiger partial charge is 0.335 e. The minimum Gasteiger partial charge on any atom is -0.479 e. The Morgan fingerprint density at radius 3 is 1.32 bits per heavy atom. The van der Waals surface area contributed by atoms with Crippen molar-refractivity contribution >= 4 is 23.9 Å². The van der Waals surface area contributed by atoms with Gasteiger partial charge in [-0.1, -0.05) is 224 Å². The van der Waals surface area contributed by atoms with Crippen LogP contribution >= 0.6 is 0 Å². The number of hydrogen-bond acceptors (Lipinski definition) is 11. The van der Waals surface area contributed by atoms with Crippen LogP contribution in [0.5, 0.6) is 0 Å². The molecule has 0 amide bonds. The van der Waals surface area contributed by atoms with E-state index in [-0.39, 0.29) is 25.9 Å². The van der Waals surface area contributed by atoms with Crippen LogP contribution in [0.2, 0.25) is 0 Å². The highest BCUT2D eigenvalue weighted by Crippen LogP contribution is 2.26. The number of carbonyl (C=O) groups is 4. The third kappa shape index (κ3) is 39.9. The van der Waals surface area contributed by atoms with E-state index in [1.807, 2.05) is 0 Å². The van der Waals surface area contributed by atoms with Gasteiger partial charge in [-0.3, -0.25) is 14.4 Å².